The van der Waals surface area contributed by atoms with Crippen LogP contribution in [0.4, 0.5) is 5.69 Å². The van der Waals surface area contributed by atoms with Crippen molar-refractivity contribution in [2.24, 2.45) is 5.10 Å². The first-order valence-electron chi connectivity index (χ1n) is 6.26. The van der Waals surface area contributed by atoms with Gasteiger partial charge in [0.05, 0.1) is 11.1 Å². The Bertz CT molecular complexity index is 691. The summed E-state index contributed by atoms with van der Waals surface area (Å²) < 4.78 is 5.50. The Morgan fingerprint density at radius 2 is 2.24 bits per heavy atom. The standard InChI is InChI=1S/C14H13N3O4/c1-2-14(18)16-15-9-12-6-7-13(21-12)10-4-3-5-11(8-10)17(19)20/h3-9H,2H2,1H3,(H,16,18)/b15-9+. The van der Waals surface area contributed by atoms with Crippen molar-refractivity contribution in [1.82, 2.24) is 5.43 Å². The number of nitrogens with one attached hydrogen (secondary N) is 1. The van der Waals surface area contributed by atoms with Crippen LogP contribution in [-0.2, 0) is 4.79 Å². The number of hydrazone groups is 1. The normalized spacial score (nSPS) is 10.7. The molecule has 0 aliphatic heterocycles. The van der Waals surface area contributed by atoms with Crippen LogP contribution in [0, 0.1) is 10.1 Å². The van der Waals surface area contributed by atoms with E-state index in [0.717, 1.165) is 0 Å². The Labute approximate surface area is 120 Å². The molecular weight excluding hydrogens is 274 g/mol. The highest BCUT2D eigenvalue weighted by molar-refractivity contribution is 5.80. The van der Waals surface area contributed by atoms with Crippen molar-refractivity contribution in [1.29, 1.82) is 0 Å². The van der Waals surface area contributed by atoms with Gasteiger partial charge in [-0.1, -0.05) is 19.1 Å². The maximum absolute atomic E-state index is 11.0. The van der Waals surface area contributed by atoms with Crippen molar-refractivity contribution < 1.29 is 14.1 Å². The van der Waals surface area contributed by atoms with E-state index in [4.69, 9.17) is 4.42 Å². The summed E-state index contributed by atoms with van der Waals surface area (Å²) in [6.45, 7) is 1.72. The molecule has 0 radical (unpaired) electrons. The third kappa shape index (κ3) is 3.75. The van der Waals surface area contributed by atoms with Gasteiger partial charge in [-0.15, -0.1) is 0 Å². The van der Waals surface area contributed by atoms with Gasteiger partial charge in [0, 0.05) is 24.1 Å². The van der Waals surface area contributed by atoms with Crippen LogP contribution in [0.1, 0.15) is 19.1 Å². The topological polar surface area (TPSA) is 97.7 Å². The van der Waals surface area contributed by atoms with Gasteiger partial charge in [-0.25, -0.2) is 5.43 Å². The number of non-ortho nitro benzene ring substituents is 1. The average molecular weight is 287 g/mol. The molecule has 0 bridgehead atoms. The third-order valence-corrected chi connectivity index (χ3v) is 2.67. The minimum atomic E-state index is -0.463. The quantitative estimate of drug-likeness (QED) is 0.519. The molecular formula is C14H13N3O4. The number of nitrogens with zero attached hydrogens (tertiary/aromatic N) is 2. The maximum Gasteiger partial charge on any atom is 0.270 e. The molecule has 1 aromatic carbocycles. The zero-order valence-electron chi connectivity index (χ0n) is 11.3. The molecule has 21 heavy (non-hydrogen) atoms. The molecule has 7 heteroatoms. The number of rotatable bonds is 5. The van der Waals surface area contributed by atoms with Gasteiger partial charge in [-0.3, -0.25) is 14.9 Å². The number of benzene rings is 1. The number of hydrogen-bond donors (Lipinski definition) is 1. The van der Waals surface area contributed by atoms with Crippen LogP contribution in [0.2, 0.25) is 0 Å². The number of hydrogen-bond acceptors (Lipinski definition) is 5. The third-order valence-electron chi connectivity index (χ3n) is 2.67. The summed E-state index contributed by atoms with van der Waals surface area (Å²) in [6.07, 6.45) is 1.71. The van der Waals surface area contributed by atoms with Crippen molar-refractivity contribution in [3.63, 3.8) is 0 Å². The van der Waals surface area contributed by atoms with Gasteiger partial charge in [-0.05, 0) is 12.1 Å². The first kappa shape index (κ1) is 14.4. The molecule has 1 N–H and O–H groups in total. The van der Waals surface area contributed by atoms with Crippen LogP contribution in [0.15, 0.2) is 45.9 Å². The Morgan fingerprint density at radius 3 is 2.95 bits per heavy atom. The van der Waals surface area contributed by atoms with Crippen molar-refractivity contribution >= 4 is 17.8 Å². The molecule has 2 rings (SSSR count). The summed E-state index contributed by atoms with van der Waals surface area (Å²) in [5, 5.41) is 14.5. The molecule has 0 aliphatic rings. The predicted molar refractivity (Wildman–Crippen MR) is 76.8 cm³/mol. The Hall–Kier alpha value is -2.96. The summed E-state index contributed by atoms with van der Waals surface area (Å²) in [5.74, 6) is 0.728. The highest BCUT2D eigenvalue weighted by Crippen LogP contribution is 2.25. The molecule has 0 atom stereocenters. The fourth-order valence-corrected chi connectivity index (χ4v) is 1.60. The second-order valence-electron chi connectivity index (χ2n) is 4.16. The SMILES string of the molecule is CCC(=O)N/N=C/c1ccc(-c2cccc([N+](=O)[O-])c2)o1. The summed E-state index contributed by atoms with van der Waals surface area (Å²) in [6, 6.07) is 9.49. The van der Waals surface area contributed by atoms with E-state index in [1.807, 2.05) is 0 Å². The van der Waals surface area contributed by atoms with E-state index < -0.39 is 4.92 Å². The summed E-state index contributed by atoms with van der Waals surface area (Å²) in [4.78, 5) is 21.3. The minimum absolute atomic E-state index is 0.00525. The van der Waals surface area contributed by atoms with Crippen LogP contribution in [-0.4, -0.2) is 17.0 Å². The van der Waals surface area contributed by atoms with Gasteiger partial charge in [0.2, 0.25) is 5.91 Å². The van der Waals surface area contributed by atoms with E-state index in [1.165, 1.54) is 18.3 Å². The zero-order valence-corrected chi connectivity index (χ0v) is 11.3. The Balaban J connectivity index is 2.14. The molecule has 1 aromatic heterocycles. The van der Waals surface area contributed by atoms with Crippen LogP contribution >= 0.6 is 0 Å². The smallest absolute Gasteiger partial charge is 0.270 e. The zero-order chi connectivity index (χ0) is 15.2. The molecule has 2 aromatic rings. The lowest BCUT2D eigenvalue weighted by Crippen LogP contribution is -2.15. The molecule has 0 aliphatic carbocycles. The lowest BCUT2D eigenvalue weighted by Gasteiger charge is -1.97. The predicted octanol–water partition coefficient (Wildman–Crippen LogP) is 2.71. The number of nitro groups is 1. The lowest BCUT2D eigenvalue weighted by atomic mass is 10.1. The minimum Gasteiger partial charge on any atom is -0.455 e. The van der Waals surface area contributed by atoms with E-state index in [9.17, 15) is 14.9 Å². The van der Waals surface area contributed by atoms with Gasteiger partial charge in [0.15, 0.2) is 0 Å². The molecule has 0 unspecified atom stereocenters. The van der Waals surface area contributed by atoms with E-state index in [-0.39, 0.29) is 11.6 Å². The van der Waals surface area contributed by atoms with Crippen LogP contribution in [0.5, 0.6) is 0 Å². The van der Waals surface area contributed by atoms with E-state index in [1.54, 1.807) is 31.2 Å². The molecule has 7 nitrogen and oxygen atoms in total. The van der Waals surface area contributed by atoms with Crippen LogP contribution < -0.4 is 5.43 Å². The van der Waals surface area contributed by atoms with Crippen molar-refractivity contribution in [2.75, 3.05) is 0 Å². The molecule has 0 saturated carbocycles. The molecule has 0 fully saturated rings. The highest BCUT2D eigenvalue weighted by Gasteiger charge is 2.09. The lowest BCUT2D eigenvalue weighted by molar-refractivity contribution is -0.384. The molecule has 108 valence electrons. The summed E-state index contributed by atoms with van der Waals surface area (Å²) >= 11 is 0. The number of nitro benzene ring substituents is 1. The fourth-order valence-electron chi connectivity index (χ4n) is 1.60. The van der Waals surface area contributed by atoms with Crippen molar-refractivity contribution in [3.8, 4) is 11.3 Å². The molecule has 0 spiro atoms. The fraction of sp³-hybridized carbons (Fsp3) is 0.143. The average Bonchev–Trinajstić information content (AvgIpc) is 2.96. The summed E-state index contributed by atoms with van der Waals surface area (Å²) in [5.41, 5.74) is 2.93. The van der Waals surface area contributed by atoms with Gasteiger partial charge in [-0.2, -0.15) is 5.10 Å². The second kappa shape index (κ2) is 6.47. The van der Waals surface area contributed by atoms with Gasteiger partial charge >= 0.3 is 0 Å². The van der Waals surface area contributed by atoms with Crippen LogP contribution in [0.3, 0.4) is 0 Å². The van der Waals surface area contributed by atoms with Gasteiger partial charge in [0.25, 0.3) is 5.69 Å². The Morgan fingerprint density at radius 1 is 1.43 bits per heavy atom. The van der Waals surface area contributed by atoms with Crippen molar-refractivity contribution in [2.45, 2.75) is 13.3 Å². The van der Waals surface area contributed by atoms with Gasteiger partial charge in [0.1, 0.15) is 11.5 Å². The second-order valence-corrected chi connectivity index (χ2v) is 4.16. The molecule has 1 heterocycles. The Kier molecular flexibility index (Phi) is 4.45. The number of amides is 1. The maximum atomic E-state index is 11.0. The number of furan rings is 1. The largest absolute Gasteiger partial charge is 0.455 e. The van der Waals surface area contributed by atoms with E-state index in [2.05, 4.69) is 10.5 Å². The van der Waals surface area contributed by atoms with Crippen LogP contribution in [0.25, 0.3) is 11.3 Å². The van der Waals surface area contributed by atoms with E-state index >= 15 is 0 Å². The first-order valence-corrected chi connectivity index (χ1v) is 6.26. The monoisotopic (exact) mass is 287 g/mol. The number of carbonyl (C=O) groups is 1. The first-order chi connectivity index (χ1) is 10.1. The molecule has 0 saturated heterocycles. The number of carbonyl (C=O) groups excluding carboxylic acids is 1. The van der Waals surface area contributed by atoms with Crippen molar-refractivity contribution in [3.05, 3.63) is 52.3 Å². The summed E-state index contributed by atoms with van der Waals surface area (Å²) in [7, 11) is 0. The van der Waals surface area contributed by atoms with Gasteiger partial charge < -0.3 is 4.42 Å². The highest BCUT2D eigenvalue weighted by atomic mass is 16.6. The van der Waals surface area contributed by atoms with E-state index in [0.29, 0.717) is 23.5 Å². The molecule has 1 amide bonds.